The maximum Gasteiger partial charge on any atom is 0.371 e. The van der Waals surface area contributed by atoms with Crippen molar-refractivity contribution in [2.75, 3.05) is 18.0 Å². The predicted molar refractivity (Wildman–Crippen MR) is 56.2 cm³/mol. The number of carboxylic acid groups (broad SMARTS) is 1. The van der Waals surface area contributed by atoms with Gasteiger partial charge in [-0.05, 0) is 17.9 Å². The number of hydrogen-bond donors (Lipinski definition) is 1. The van der Waals surface area contributed by atoms with E-state index in [1.54, 1.807) is 6.07 Å². The van der Waals surface area contributed by atoms with E-state index in [4.69, 9.17) is 9.52 Å². The fourth-order valence-corrected chi connectivity index (χ4v) is 1.92. The molecule has 1 aromatic rings. The van der Waals surface area contributed by atoms with Crippen LogP contribution in [0.3, 0.4) is 0 Å². The Morgan fingerprint density at radius 1 is 1.40 bits per heavy atom. The summed E-state index contributed by atoms with van der Waals surface area (Å²) in [5.41, 5.74) is 0. The van der Waals surface area contributed by atoms with Crippen LogP contribution in [0.4, 0.5) is 5.88 Å². The Balaban J connectivity index is 2.14. The van der Waals surface area contributed by atoms with Gasteiger partial charge in [-0.15, -0.1) is 0 Å². The van der Waals surface area contributed by atoms with Crippen molar-refractivity contribution in [1.82, 2.24) is 0 Å². The molecule has 0 saturated carbocycles. The van der Waals surface area contributed by atoms with Crippen molar-refractivity contribution in [3.8, 4) is 0 Å². The van der Waals surface area contributed by atoms with Crippen molar-refractivity contribution >= 4 is 11.9 Å². The van der Waals surface area contributed by atoms with Gasteiger partial charge in [-0.3, -0.25) is 0 Å². The van der Waals surface area contributed by atoms with Gasteiger partial charge in [-0.1, -0.05) is 13.8 Å². The molecule has 1 aliphatic heterocycles. The Bertz CT molecular complexity index is 362. The van der Waals surface area contributed by atoms with E-state index in [0.29, 0.717) is 17.7 Å². The molecule has 1 fully saturated rings. The number of anilines is 1. The van der Waals surface area contributed by atoms with E-state index < -0.39 is 5.97 Å². The molecule has 0 aromatic carbocycles. The first-order chi connectivity index (χ1) is 7.08. The van der Waals surface area contributed by atoms with Crippen molar-refractivity contribution in [1.29, 1.82) is 0 Å². The van der Waals surface area contributed by atoms with Crippen molar-refractivity contribution in [3.05, 3.63) is 17.9 Å². The van der Waals surface area contributed by atoms with Gasteiger partial charge in [0.15, 0.2) is 5.88 Å². The van der Waals surface area contributed by atoms with Gasteiger partial charge in [-0.25, -0.2) is 4.79 Å². The molecule has 1 N–H and O–H groups in total. The zero-order valence-corrected chi connectivity index (χ0v) is 8.93. The van der Waals surface area contributed by atoms with Gasteiger partial charge in [0.2, 0.25) is 5.76 Å². The third kappa shape index (κ3) is 1.84. The summed E-state index contributed by atoms with van der Waals surface area (Å²) in [6.45, 7) is 6.28. The summed E-state index contributed by atoms with van der Waals surface area (Å²) in [6.07, 6.45) is 0. The quantitative estimate of drug-likeness (QED) is 0.810. The normalized spacial score (nSPS) is 25.9. The van der Waals surface area contributed by atoms with E-state index in [-0.39, 0.29) is 5.76 Å². The topological polar surface area (TPSA) is 53.7 Å². The first kappa shape index (κ1) is 10.1. The van der Waals surface area contributed by atoms with Gasteiger partial charge in [0.1, 0.15) is 0 Å². The zero-order chi connectivity index (χ0) is 11.0. The average Bonchev–Trinajstić information content (AvgIpc) is 2.74. The lowest BCUT2D eigenvalue weighted by Crippen LogP contribution is -2.18. The number of aromatic carboxylic acids is 1. The van der Waals surface area contributed by atoms with Gasteiger partial charge in [0, 0.05) is 19.2 Å². The summed E-state index contributed by atoms with van der Waals surface area (Å²) in [4.78, 5) is 12.7. The van der Waals surface area contributed by atoms with E-state index in [2.05, 4.69) is 18.7 Å². The molecule has 4 heteroatoms. The Morgan fingerprint density at radius 3 is 2.47 bits per heavy atom. The third-order valence-corrected chi connectivity index (χ3v) is 3.10. The fraction of sp³-hybridized carbons (Fsp3) is 0.545. The summed E-state index contributed by atoms with van der Waals surface area (Å²) >= 11 is 0. The van der Waals surface area contributed by atoms with E-state index in [1.165, 1.54) is 6.07 Å². The van der Waals surface area contributed by atoms with Crippen LogP contribution < -0.4 is 4.90 Å². The van der Waals surface area contributed by atoms with Gasteiger partial charge >= 0.3 is 5.97 Å². The third-order valence-electron chi connectivity index (χ3n) is 3.10. The maximum absolute atomic E-state index is 10.6. The molecule has 0 radical (unpaired) electrons. The van der Waals surface area contributed by atoms with Crippen LogP contribution >= 0.6 is 0 Å². The summed E-state index contributed by atoms with van der Waals surface area (Å²) in [7, 11) is 0. The molecule has 2 unspecified atom stereocenters. The van der Waals surface area contributed by atoms with E-state index in [1.807, 2.05) is 0 Å². The van der Waals surface area contributed by atoms with Gasteiger partial charge in [-0.2, -0.15) is 0 Å². The molecule has 1 aromatic heterocycles. The minimum atomic E-state index is -1.01. The van der Waals surface area contributed by atoms with E-state index in [9.17, 15) is 4.79 Å². The molecular formula is C11H15NO3. The molecule has 82 valence electrons. The summed E-state index contributed by atoms with van der Waals surface area (Å²) in [6, 6.07) is 3.24. The number of carboxylic acids is 1. The molecule has 1 saturated heterocycles. The molecule has 0 bridgehead atoms. The molecule has 0 amide bonds. The van der Waals surface area contributed by atoms with Gasteiger partial charge in [0.25, 0.3) is 0 Å². The second-order valence-electron chi connectivity index (χ2n) is 4.30. The average molecular weight is 209 g/mol. The van der Waals surface area contributed by atoms with Crippen molar-refractivity contribution in [3.63, 3.8) is 0 Å². The van der Waals surface area contributed by atoms with Crippen LogP contribution in [-0.4, -0.2) is 24.2 Å². The summed E-state index contributed by atoms with van der Waals surface area (Å²) in [5.74, 6) is 0.925. The first-order valence-corrected chi connectivity index (χ1v) is 5.16. The maximum atomic E-state index is 10.6. The molecule has 2 atom stereocenters. The highest BCUT2D eigenvalue weighted by Crippen LogP contribution is 2.28. The second-order valence-corrected chi connectivity index (χ2v) is 4.30. The monoisotopic (exact) mass is 209 g/mol. The fourth-order valence-electron chi connectivity index (χ4n) is 1.92. The standard InChI is InChI=1S/C11H15NO3/c1-7-5-12(6-8(7)2)10-4-3-9(15-10)11(13)14/h3-4,7-8H,5-6H2,1-2H3,(H,13,14). The number of furan rings is 1. The molecule has 4 nitrogen and oxygen atoms in total. The highest BCUT2D eigenvalue weighted by atomic mass is 16.4. The molecule has 2 heterocycles. The van der Waals surface area contributed by atoms with Crippen LogP contribution in [0.15, 0.2) is 16.5 Å². The van der Waals surface area contributed by atoms with Crippen molar-refractivity contribution in [2.45, 2.75) is 13.8 Å². The van der Waals surface area contributed by atoms with Gasteiger partial charge < -0.3 is 14.4 Å². The largest absolute Gasteiger partial charge is 0.475 e. The van der Waals surface area contributed by atoms with Crippen molar-refractivity contribution in [2.24, 2.45) is 11.8 Å². The molecule has 15 heavy (non-hydrogen) atoms. The minimum Gasteiger partial charge on any atom is -0.475 e. The van der Waals surface area contributed by atoms with Crippen LogP contribution in [0.2, 0.25) is 0 Å². The van der Waals surface area contributed by atoms with Gasteiger partial charge in [0.05, 0.1) is 0 Å². The second kappa shape index (κ2) is 3.61. The summed E-state index contributed by atoms with van der Waals surface area (Å²) in [5, 5.41) is 8.73. The molecule has 2 rings (SSSR count). The van der Waals surface area contributed by atoms with Crippen LogP contribution in [0.25, 0.3) is 0 Å². The highest BCUT2D eigenvalue weighted by molar-refractivity contribution is 5.84. The van der Waals surface area contributed by atoms with Crippen molar-refractivity contribution < 1.29 is 14.3 Å². The lowest BCUT2D eigenvalue weighted by atomic mass is 10.0. The Labute approximate surface area is 88.5 Å². The molecule has 1 aliphatic rings. The number of rotatable bonds is 2. The Morgan fingerprint density at radius 2 is 2.00 bits per heavy atom. The van der Waals surface area contributed by atoms with Crippen LogP contribution in [-0.2, 0) is 0 Å². The van der Waals surface area contributed by atoms with Crippen LogP contribution in [0.1, 0.15) is 24.4 Å². The van der Waals surface area contributed by atoms with E-state index >= 15 is 0 Å². The molecular weight excluding hydrogens is 194 g/mol. The Hall–Kier alpha value is -1.45. The number of hydrogen-bond acceptors (Lipinski definition) is 3. The SMILES string of the molecule is CC1CN(c2ccc(C(=O)O)o2)CC1C. The first-order valence-electron chi connectivity index (χ1n) is 5.16. The highest BCUT2D eigenvalue weighted by Gasteiger charge is 2.28. The molecule has 0 spiro atoms. The minimum absolute atomic E-state index is 0.0113. The molecule has 0 aliphatic carbocycles. The lowest BCUT2D eigenvalue weighted by Gasteiger charge is -2.13. The number of nitrogens with zero attached hydrogens (tertiary/aromatic N) is 1. The van der Waals surface area contributed by atoms with Crippen LogP contribution in [0.5, 0.6) is 0 Å². The Kier molecular flexibility index (Phi) is 2.42. The zero-order valence-electron chi connectivity index (χ0n) is 8.93. The lowest BCUT2D eigenvalue weighted by molar-refractivity contribution is 0.0663. The smallest absolute Gasteiger partial charge is 0.371 e. The predicted octanol–water partition coefficient (Wildman–Crippen LogP) is 2.07. The van der Waals surface area contributed by atoms with E-state index in [0.717, 1.165) is 13.1 Å². The number of carbonyl (C=O) groups is 1. The van der Waals surface area contributed by atoms with Crippen LogP contribution in [0, 0.1) is 11.8 Å². The summed E-state index contributed by atoms with van der Waals surface area (Å²) < 4.78 is 5.25.